The van der Waals surface area contributed by atoms with Crippen LogP contribution in [-0.2, 0) is 22.6 Å². The van der Waals surface area contributed by atoms with Crippen molar-refractivity contribution in [3.05, 3.63) is 70.2 Å². The van der Waals surface area contributed by atoms with Crippen LogP contribution in [0.1, 0.15) is 76.0 Å². The van der Waals surface area contributed by atoms with Gasteiger partial charge in [-0.15, -0.1) is 0 Å². The molecule has 1 atom stereocenters. The number of aryl methyl sites for hydroxylation is 1. The van der Waals surface area contributed by atoms with Gasteiger partial charge in [-0.3, -0.25) is 9.59 Å². The molecule has 0 aliphatic rings. The lowest BCUT2D eigenvalue weighted by atomic mass is 10.00. The van der Waals surface area contributed by atoms with Gasteiger partial charge in [-0.25, -0.2) is 0 Å². The molecule has 1 N–H and O–H groups in total. The van der Waals surface area contributed by atoms with Crippen LogP contribution in [0.5, 0.6) is 0 Å². The lowest BCUT2D eigenvalue weighted by molar-refractivity contribution is -0.141. The van der Waals surface area contributed by atoms with Gasteiger partial charge in [0.1, 0.15) is 6.04 Å². The number of amides is 2. The largest absolute Gasteiger partial charge is 0.354 e. The maximum atomic E-state index is 13.3. The molecule has 32 heavy (non-hydrogen) atoms. The van der Waals surface area contributed by atoms with Gasteiger partial charge in [0, 0.05) is 24.5 Å². The highest BCUT2D eigenvalue weighted by molar-refractivity contribution is 6.31. The highest BCUT2D eigenvalue weighted by Crippen LogP contribution is 2.21. The van der Waals surface area contributed by atoms with Gasteiger partial charge in [0.15, 0.2) is 0 Å². The smallest absolute Gasteiger partial charge is 0.242 e. The van der Waals surface area contributed by atoms with Crippen LogP contribution < -0.4 is 5.32 Å². The highest BCUT2D eigenvalue weighted by atomic mass is 35.5. The summed E-state index contributed by atoms with van der Waals surface area (Å²) in [5, 5.41) is 3.60. The second kappa shape index (κ2) is 13.3. The fourth-order valence-corrected chi connectivity index (χ4v) is 3.90. The number of nitrogens with one attached hydrogen (secondary N) is 1. The number of benzene rings is 2. The van der Waals surface area contributed by atoms with Crippen LogP contribution in [0.25, 0.3) is 0 Å². The van der Waals surface area contributed by atoms with Gasteiger partial charge < -0.3 is 10.2 Å². The number of rotatable bonds is 12. The number of carbonyl (C=O) groups excluding carboxylic acids is 2. The Balaban J connectivity index is 2.16. The Morgan fingerprint density at radius 3 is 2.31 bits per heavy atom. The SMILES string of the molecule is CCCCNC(=O)[C@H](CC)N(Cc1ccccc1Cl)C(=O)CCc1ccc(C(C)C)cc1. The van der Waals surface area contributed by atoms with Crippen LogP contribution in [0.15, 0.2) is 48.5 Å². The van der Waals surface area contributed by atoms with Crippen LogP contribution in [-0.4, -0.2) is 29.3 Å². The van der Waals surface area contributed by atoms with E-state index in [1.807, 2.05) is 31.2 Å². The molecule has 0 aliphatic carbocycles. The fourth-order valence-electron chi connectivity index (χ4n) is 3.70. The average molecular weight is 457 g/mol. The second-order valence-corrected chi connectivity index (χ2v) is 8.99. The van der Waals surface area contributed by atoms with Crippen molar-refractivity contribution in [2.24, 2.45) is 0 Å². The molecule has 0 radical (unpaired) electrons. The maximum Gasteiger partial charge on any atom is 0.242 e. The van der Waals surface area contributed by atoms with E-state index in [1.165, 1.54) is 5.56 Å². The first kappa shape index (κ1) is 25.9. The Kier molecular flexibility index (Phi) is 10.8. The summed E-state index contributed by atoms with van der Waals surface area (Å²) in [5.74, 6) is 0.353. The number of hydrogen-bond donors (Lipinski definition) is 1. The highest BCUT2D eigenvalue weighted by Gasteiger charge is 2.28. The topological polar surface area (TPSA) is 49.4 Å². The zero-order chi connectivity index (χ0) is 23.5. The lowest BCUT2D eigenvalue weighted by Gasteiger charge is -2.31. The quantitative estimate of drug-likeness (QED) is 0.391. The Labute approximate surface area is 198 Å². The summed E-state index contributed by atoms with van der Waals surface area (Å²) >= 11 is 6.38. The molecule has 0 unspecified atom stereocenters. The van der Waals surface area contributed by atoms with Crippen LogP contribution in [0.2, 0.25) is 5.02 Å². The minimum Gasteiger partial charge on any atom is -0.354 e. The summed E-state index contributed by atoms with van der Waals surface area (Å²) in [6.07, 6.45) is 3.48. The average Bonchev–Trinajstić information content (AvgIpc) is 2.79. The number of unbranched alkanes of at least 4 members (excludes halogenated alkanes) is 1. The van der Waals surface area contributed by atoms with Crippen molar-refractivity contribution in [3.63, 3.8) is 0 Å². The maximum absolute atomic E-state index is 13.3. The first-order valence-corrected chi connectivity index (χ1v) is 12.1. The van der Waals surface area contributed by atoms with Gasteiger partial charge >= 0.3 is 0 Å². The van der Waals surface area contributed by atoms with Gasteiger partial charge in [0.2, 0.25) is 11.8 Å². The minimum absolute atomic E-state index is 0.0321. The van der Waals surface area contributed by atoms with Crippen molar-refractivity contribution in [3.8, 4) is 0 Å². The molecular weight excluding hydrogens is 420 g/mol. The number of nitrogens with zero attached hydrogens (tertiary/aromatic N) is 1. The van der Waals surface area contributed by atoms with E-state index in [4.69, 9.17) is 11.6 Å². The number of hydrogen-bond acceptors (Lipinski definition) is 2. The molecule has 0 bridgehead atoms. The van der Waals surface area contributed by atoms with E-state index >= 15 is 0 Å². The molecule has 2 aromatic rings. The third kappa shape index (κ3) is 7.67. The predicted octanol–water partition coefficient (Wildman–Crippen LogP) is 6.12. The van der Waals surface area contributed by atoms with E-state index in [1.54, 1.807) is 4.90 Å². The molecular formula is C27H37ClN2O2. The zero-order valence-corrected chi connectivity index (χ0v) is 20.6. The van der Waals surface area contributed by atoms with E-state index in [0.29, 0.717) is 43.3 Å². The zero-order valence-electron chi connectivity index (χ0n) is 19.9. The third-order valence-corrected chi connectivity index (χ3v) is 6.16. The second-order valence-electron chi connectivity index (χ2n) is 8.58. The molecule has 2 amide bonds. The molecule has 5 heteroatoms. The van der Waals surface area contributed by atoms with Gasteiger partial charge in [0.25, 0.3) is 0 Å². The molecule has 0 saturated heterocycles. The van der Waals surface area contributed by atoms with E-state index in [9.17, 15) is 9.59 Å². The summed E-state index contributed by atoms with van der Waals surface area (Å²) in [6, 6.07) is 15.4. The summed E-state index contributed by atoms with van der Waals surface area (Å²) in [4.78, 5) is 28.0. The van der Waals surface area contributed by atoms with Crippen molar-refractivity contribution >= 4 is 23.4 Å². The first-order valence-electron chi connectivity index (χ1n) is 11.8. The molecule has 0 spiro atoms. The van der Waals surface area contributed by atoms with Crippen molar-refractivity contribution in [2.75, 3.05) is 6.54 Å². The van der Waals surface area contributed by atoms with Gasteiger partial charge in [0.05, 0.1) is 0 Å². The van der Waals surface area contributed by atoms with Gasteiger partial charge in [-0.05, 0) is 47.9 Å². The summed E-state index contributed by atoms with van der Waals surface area (Å²) in [6.45, 7) is 9.32. The molecule has 174 valence electrons. The molecule has 2 aromatic carbocycles. The number of halogens is 1. The van der Waals surface area contributed by atoms with E-state index in [2.05, 4.69) is 50.4 Å². The van der Waals surface area contributed by atoms with Crippen LogP contribution in [0.4, 0.5) is 0 Å². The molecule has 0 heterocycles. The van der Waals surface area contributed by atoms with Crippen molar-refractivity contribution in [1.82, 2.24) is 10.2 Å². The summed E-state index contributed by atoms with van der Waals surface area (Å²) in [5.41, 5.74) is 3.26. The first-order chi connectivity index (χ1) is 15.4. The molecule has 0 aliphatic heterocycles. The normalized spacial score (nSPS) is 11.9. The van der Waals surface area contributed by atoms with Crippen LogP contribution in [0, 0.1) is 0 Å². The van der Waals surface area contributed by atoms with Crippen LogP contribution >= 0.6 is 11.6 Å². The van der Waals surface area contributed by atoms with Crippen molar-refractivity contribution in [2.45, 2.75) is 78.3 Å². The third-order valence-electron chi connectivity index (χ3n) is 5.79. The van der Waals surface area contributed by atoms with Gasteiger partial charge in [-0.1, -0.05) is 88.2 Å². The van der Waals surface area contributed by atoms with E-state index in [-0.39, 0.29) is 11.8 Å². The van der Waals surface area contributed by atoms with Crippen molar-refractivity contribution in [1.29, 1.82) is 0 Å². The predicted molar refractivity (Wildman–Crippen MR) is 133 cm³/mol. The Bertz CT molecular complexity index is 864. The molecule has 0 fully saturated rings. The molecule has 0 aromatic heterocycles. The molecule has 2 rings (SSSR count). The summed E-state index contributed by atoms with van der Waals surface area (Å²) < 4.78 is 0. The monoisotopic (exact) mass is 456 g/mol. The minimum atomic E-state index is -0.515. The standard InChI is InChI=1S/C27H37ClN2O2/c1-5-7-18-29-27(32)25(6-2)30(19-23-10-8-9-11-24(23)28)26(31)17-14-21-12-15-22(16-13-21)20(3)4/h8-13,15-16,20,25H,5-7,14,17-19H2,1-4H3,(H,29,32)/t25-/m0/s1. The van der Waals surface area contributed by atoms with E-state index in [0.717, 1.165) is 24.0 Å². The Morgan fingerprint density at radius 2 is 1.72 bits per heavy atom. The molecule has 4 nitrogen and oxygen atoms in total. The van der Waals surface area contributed by atoms with Crippen molar-refractivity contribution < 1.29 is 9.59 Å². The summed E-state index contributed by atoms with van der Waals surface area (Å²) in [7, 11) is 0. The Hall–Kier alpha value is -2.33. The Morgan fingerprint density at radius 1 is 1.03 bits per heavy atom. The van der Waals surface area contributed by atoms with Gasteiger partial charge in [-0.2, -0.15) is 0 Å². The fraction of sp³-hybridized carbons (Fsp3) is 0.481. The lowest BCUT2D eigenvalue weighted by Crippen LogP contribution is -2.49. The van der Waals surface area contributed by atoms with Crippen LogP contribution in [0.3, 0.4) is 0 Å². The number of carbonyl (C=O) groups is 2. The molecule has 0 saturated carbocycles. The van der Waals surface area contributed by atoms with E-state index < -0.39 is 6.04 Å².